The second-order valence-corrected chi connectivity index (χ2v) is 3.02. The fraction of sp³-hybridized carbons (Fsp3) is 0.545. The van der Waals surface area contributed by atoms with E-state index in [9.17, 15) is 14.4 Å². The molecule has 0 amide bonds. The van der Waals surface area contributed by atoms with Gasteiger partial charge in [-0.3, -0.25) is 4.79 Å². The van der Waals surface area contributed by atoms with Gasteiger partial charge in [-0.15, -0.1) is 0 Å². The molecule has 16 heavy (non-hydrogen) atoms. The van der Waals surface area contributed by atoms with Crippen LogP contribution >= 0.6 is 0 Å². The molecule has 0 aliphatic rings. The fourth-order valence-corrected chi connectivity index (χ4v) is 0.871. The Kier molecular flexibility index (Phi) is 7.75. The lowest BCUT2D eigenvalue weighted by Crippen LogP contribution is -2.05. The van der Waals surface area contributed by atoms with Crippen LogP contribution in [0.2, 0.25) is 0 Å². The van der Waals surface area contributed by atoms with Gasteiger partial charge in [0, 0.05) is 25.0 Å². The molecule has 0 aliphatic heterocycles. The van der Waals surface area contributed by atoms with Gasteiger partial charge in [0.25, 0.3) is 0 Å². The van der Waals surface area contributed by atoms with Crippen LogP contribution < -0.4 is 0 Å². The van der Waals surface area contributed by atoms with Gasteiger partial charge in [0.1, 0.15) is 5.78 Å². The van der Waals surface area contributed by atoms with Crippen LogP contribution in [0.5, 0.6) is 0 Å². The van der Waals surface area contributed by atoms with E-state index >= 15 is 0 Å². The lowest BCUT2D eigenvalue weighted by Gasteiger charge is -2.00. The highest BCUT2D eigenvalue weighted by Gasteiger charge is 2.01. The highest BCUT2D eigenvalue weighted by molar-refractivity contribution is 5.91. The number of rotatable bonds is 7. The number of hydrogen-bond donors (Lipinski definition) is 0. The molecule has 0 aromatic rings. The molecule has 0 aromatic carbocycles. The average molecular weight is 228 g/mol. The normalized spacial score (nSPS) is 10.1. The van der Waals surface area contributed by atoms with Crippen LogP contribution in [0.25, 0.3) is 0 Å². The summed E-state index contributed by atoms with van der Waals surface area (Å²) >= 11 is 0. The molecule has 0 aromatic heterocycles. The number of ketones is 1. The minimum absolute atomic E-state index is 0.140. The van der Waals surface area contributed by atoms with Gasteiger partial charge in [-0.1, -0.05) is 6.92 Å². The predicted octanol–water partition coefficient (Wildman–Crippen LogP) is 1.02. The second-order valence-electron chi connectivity index (χ2n) is 3.02. The fourth-order valence-electron chi connectivity index (χ4n) is 0.871. The standard InChI is InChI=1S/C11H16O5/c1-3-9(12)5-4-8-16-11(14)7-6-10(13)15-2/h6-7H,3-5,8H2,1-2H3/b7-6+. The van der Waals surface area contributed by atoms with Gasteiger partial charge < -0.3 is 9.47 Å². The first-order chi connectivity index (χ1) is 7.60. The Bertz CT molecular complexity index is 280. The van der Waals surface area contributed by atoms with E-state index < -0.39 is 11.9 Å². The van der Waals surface area contributed by atoms with E-state index in [0.29, 0.717) is 19.3 Å². The third-order valence-corrected chi connectivity index (χ3v) is 1.80. The van der Waals surface area contributed by atoms with Crippen LogP contribution in [0.1, 0.15) is 26.2 Å². The van der Waals surface area contributed by atoms with E-state index in [-0.39, 0.29) is 12.4 Å². The molecule has 0 bridgehead atoms. The van der Waals surface area contributed by atoms with Crippen molar-refractivity contribution in [1.29, 1.82) is 0 Å². The summed E-state index contributed by atoms with van der Waals surface area (Å²) in [5.74, 6) is -1.09. The number of carbonyl (C=O) groups excluding carboxylic acids is 3. The lowest BCUT2D eigenvalue weighted by molar-refractivity contribution is -0.139. The minimum atomic E-state index is -0.616. The van der Waals surface area contributed by atoms with Gasteiger partial charge in [-0.25, -0.2) is 9.59 Å². The maximum atomic E-state index is 11.0. The van der Waals surface area contributed by atoms with Gasteiger partial charge in [0.2, 0.25) is 0 Å². The van der Waals surface area contributed by atoms with E-state index in [1.54, 1.807) is 6.92 Å². The van der Waals surface area contributed by atoms with E-state index in [0.717, 1.165) is 12.2 Å². The van der Waals surface area contributed by atoms with Crippen molar-refractivity contribution in [2.24, 2.45) is 0 Å². The van der Waals surface area contributed by atoms with Crippen LogP contribution in [0.15, 0.2) is 12.2 Å². The molecule has 0 unspecified atom stereocenters. The zero-order valence-corrected chi connectivity index (χ0v) is 9.52. The number of ether oxygens (including phenoxy) is 2. The van der Waals surface area contributed by atoms with Crippen molar-refractivity contribution in [1.82, 2.24) is 0 Å². The third-order valence-electron chi connectivity index (χ3n) is 1.80. The molecule has 0 saturated heterocycles. The molecule has 0 rings (SSSR count). The van der Waals surface area contributed by atoms with Crippen molar-refractivity contribution in [2.75, 3.05) is 13.7 Å². The highest BCUT2D eigenvalue weighted by Crippen LogP contribution is 1.95. The average Bonchev–Trinajstić information content (AvgIpc) is 2.31. The Balaban J connectivity index is 3.62. The highest BCUT2D eigenvalue weighted by atomic mass is 16.5. The van der Waals surface area contributed by atoms with Crippen LogP contribution in [0.4, 0.5) is 0 Å². The van der Waals surface area contributed by atoms with Crippen molar-refractivity contribution in [3.05, 3.63) is 12.2 Å². The SMILES string of the molecule is CCC(=O)CCCOC(=O)/C=C/C(=O)OC. The molecule has 5 heteroatoms. The van der Waals surface area contributed by atoms with E-state index in [2.05, 4.69) is 4.74 Å². The molecule has 0 saturated carbocycles. The van der Waals surface area contributed by atoms with E-state index in [4.69, 9.17) is 4.74 Å². The van der Waals surface area contributed by atoms with Gasteiger partial charge in [-0.05, 0) is 6.42 Å². The zero-order chi connectivity index (χ0) is 12.4. The first-order valence-electron chi connectivity index (χ1n) is 5.04. The number of methoxy groups -OCH3 is 1. The molecule has 0 aliphatic carbocycles. The summed E-state index contributed by atoms with van der Waals surface area (Å²) in [6.07, 6.45) is 3.39. The summed E-state index contributed by atoms with van der Waals surface area (Å²) in [5.41, 5.74) is 0. The van der Waals surface area contributed by atoms with Crippen molar-refractivity contribution in [3.8, 4) is 0 Å². The first-order valence-corrected chi connectivity index (χ1v) is 5.04. The molecule has 0 N–H and O–H groups in total. The van der Waals surface area contributed by atoms with Gasteiger partial charge in [0.05, 0.1) is 13.7 Å². The van der Waals surface area contributed by atoms with Crippen molar-refractivity contribution in [3.63, 3.8) is 0 Å². The van der Waals surface area contributed by atoms with Crippen LogP contribution in [-0.2, 0) is 23.9 Å². The molecule has 0 atom stereocenters. The Morgan fingerprint density at radius 2 is 1.75 bits per heavy atom. The van der Waals surface area contributed by atoms with Crippen molar-refractivity contribution < 1.29 is 23.9 Å². The first kappa shape index (κ1) is 14.3. The monoisotopic (exact) mass is 228 g/mol. The van der Waals surface area contributed by atoms with E-state index in [1.807, 2.05) is 0 Å². The molecule has 5 nitrogen and oxygen atoms in total. The molecule has 90 valence electrons. The summed E-state index contributed by atoms with van der Waals surface area (Å²) in [6, 6.07) is 0. The largest absolute Gasteiger partial charge is 0.466 e. The Morgan fingerprint density at radius 3 is 2.31 bits per heavy atom. The van der Waals surface area contributed by atoms with Gasteiger partial charge in [-0.2, -0.15) is 0 Å². The summed E-state index contributed by atoms with van der Waals surface area (Å²) in [5, 5.41) is 0. The summed E-state index contributed by atoms with van der Waals surface area (Å²) in [6.45, 7) is 1.96. The summed E-state index contributed by atoms with van der Waals surface area (Å²) in [7, 11) is 1.22. The summed E-state index contributed by atoms with van der Waals surface area (Å²) < 4.78 is 9.04. The van der Waals surface area contributed by atoms with Crippen LogP contribution in [0, 0.1) is 0 Å². The van der Waals surface area contributed by atoms with Crippen LogP contribution in [-0.4, -0.2) is 31.4 Å². The number of Topliss-reactive ketones (excluding diaryl/α,β-unsaturated/α-hetero) is 1. The maximum Gasteiger partial charge on any atom is 0.331 e. The Labute approximate surface area is 94.4 Å². The Morgan fingerprint density at radius 1 is 1.12 bits per heavy atom. The second kappa shape index (κ2) is 8.64. The van der Waals surface area contributed by atoms with Gasteiger partial charge >= 0.3 is 11.9 Å². The topological polar surface area (TPSA) is 69.7 Å². The van der Waals surface area contributed by atoms with Gasteiger partial charge in [0.15, 0.2) is 0 Å². The Hall–Kier alpha value is -1.65. The molecule has 0 spiro atoms. The summed E-state index contributed by atoms with van der Waals surface area (Å²) in [4.78, 5) is 32.5. The quantitative estimate of drug-likeness (QED) is 0.369. The maximum absolute atomic E-state index is 11.0. The molecular formula is C11H16O5. The molecule has 0 heterocycles. The third kappa shape index (κ3) is 7.73. The molecule has 0 fully saturated rings. The van der Waals surface area contributed by atoms with Crippen LogP contribution in [0.3, 0.4) is 0 Å². The lowest BCUT2D eigenvalue weighted by atomic mass is 10.2. The number of hydrogen-bond acceptors (Lipinski definition) is 5. The van der Waals surface area contributed by atoms with Crippen molar-refractivity contribution in [2.45, 2.75) is 26.2 Å². The number of esters is 2. The smallest absolute Gasteiger partial charge is 0.331 e. The predicted molar refractivity (Wildman–Crippen MR) is 56.6 cm³/mol. The van der Waals surface area contributed by atoms with Crippen molar-refractivity contribution >= 4 is 17.7 Å². The molecule has 0 radical (unpaired) electrons. The number of carbonyl (C=O) groups is 3. The molecular weight excluding hydrogens is 212 g/mol. The minimum Gasteiger partial charge on any atom is -0.466 e. The van der Waals surface area contributed by atoms with E-state index in [1.165, 1.54) is 7.11 Å². The zero-order valence-electron chi connectivity index (χ0n) is 9.52.